The Labute approximate surface area is 557 Å². The third kappa shape index (κ3) is 12.9. The highest BCUT2D eigenvalue weighted by molar-refractivity contribution is 5.89. The average Bonchev–Trinajstić information content (AvgIpc) is 1.56. The van der Waals surface area contributed by atoms with Gasteiger partial charge in [-0.2, -0.15) is 0 Å². The van der Waals surface area contributed by atoms with Crippen LogP contribution in [0.3, 0.4) is 0 Å². The minimum Gasteiger partial charge on any atom is -0.310 e. The molecular weight excluding hydrogens is 1140 g/mol. The van der Waals surface area contributed by atoms with Gasteiger partial charge in [-0.05, 0) is 212 Å². The molecule has 14 rings (SSSR count). The number of nitrogens with zero attached hydrogens (tertiary/aromatic N) is 3. The summed E-state index contributed by atoms with van der Waals surface area (Å²) in [4.78, 5) is 7.23. The first-order valence-electron chi connectivity index (χ1n) is 34.1. The van der Waals surface area contributed by atoms with E-state index in [-0.39, 0.29) is 5.41 Å². The zero-order valence-corrected chi connectivity index (χ0v) is 54.2. The van der Waals surface area contributed by atoms with Crippen LogP contribution in [0.1, 0.15) is 89.2 Å². The number of hydrogen-bond acceptors (Lipinski definition) is 3. The van der Waals surface area contributed by atoms with Gasteiger partial charge >= 0.3 is 0 Å². The van der Waals surface area contributed by atoms with Crippen molar-refractivity contribution >= 4 is 51.2 Å². The van der Waals surface area contributed by atoms with E-state index in [1.807, 2.05) is 0 Å². The molecule has 13 aromatic carbocycles. The predicted octanol–water partition coefficient (Wildman–Crippen LogP) is 26.6. The van der Waals surface area contributed by atoms with Crippen LogP contribution in [0.2, 0.25) is 0 Å². The zero-order valence-electron chi connectivity index (χ0n) is 54.2. The van der Waals surface area contributed by atoms with E-state index in [9.17, 15) is 0 Å². The van der Waals surface area contributed by atoms with E-state index in [1.165, 1.54) is 109 Å². The first-order chi connectivity index (χ1) is 46.5. The Balaban J connectivity index is 0.806. The Morgan fingerprint density at radius 1 is 0.202 bits per heavy atom. The molecule has 0 saturated carbocycles. The molecule has 3 nitrogen and oxygen atoms in total. The molecule has 13 aromatic rings. The number of para-hydroxylation sites is 3. The van der Waals surface area contributed by atoms with Gasteiger partial charge in [0.1, 0.15) is 0 Å². The lowest BCUT2D eigenvalue weighted by Gasteiger charge is -2.34. The van der Waals surface area contributed by atoms with Crippen molar-refractivity contribution in [2.75, 3.05) is 14.7 Å². The van der Waals surface area contributed by atoms with Gasteiger partial charge in [0.15, 0.2) is 0 Å². The van der Waals surface area contributed by atoms with E-state index in [0.717, 1.165) is 84.4 Å². The summed E-state index contributed by atoms with van der Waals surface area (Å²) in [6, 6.07) is 123. The van der Waals surface area contributed by atoms with E-state index in [4.69, 9.17) is 0 Å². The lowest BCUT2D eigenvalue weighted by Crippen LogP contribution is -2.26. The maximum Gasteiger partial charge on any atom is 0.0467 e. The first kappa shape index (κ1) is 60.8. The maximum absolute atomic E-state index is 2.57. The third-order valence-electron chi connectivity index (χ3n) is 19.2. The number of rotatable bonds is 24. The Morgan fingerprint density at radius 2 is 0.479 bits per heavy atom. The molecule has 0 radical (unpaired) electrons. The average molecular weight is 1220 g/mol. The molecule has 460 valence electrons. The smallest absolute Gasteiger partial charge is 0.0467 e. The highest BCUT2D eigenvalue weighted by atomic mass is 15.2. The van der Waals surface area contributed by atoms with Crippen molar-refractivity contribution < 1.29 is 0 Å². The maximum atomic E-state index is 2.57. The Morgan fingerprint density at radius 3 is 0.872 bits per heavy atom. The van der Waals surface area contributed by atoms with Gasteiger partial charge in [0, 0.05) is 56.6 Å². The number of anilines is 9. The van der Waals surface area contributed by atoms with Crippen molar-refractivity contribution in [3.63, 3.8) is 0 Å². The minimum absolute atomic E-state index is 0.0175. The van der Waals surface area contributed by atoms with Crippen molar-refractivity contribution in [1.29, 1.82) is 0 Å². The molecule has 0 spiro atoms. The Hall–Kier alpha value is -10.7. The van der Waals surface area contributed by atoms with Gasteiger partial charge in [-0.25, -0.2) is 0 Å². The molecule has 3 heteroatoms. The van der Waals surface area contributed by atoms with E-state index in [2.05, 4.69) is 362 Å². The fourth-order valence-electron chi connectivity index (χ4n) is 14.5. The van der Waals surface area contributed by atoms with Crippen LogP contribution in [0.4, 0.5) is 51.2 Å². The van der Waals surface area contributed by atoms with Crippen LogP contribution in [0.25, 0.3) is 66.8 Å². The second kappa shape index (κ2) is 28.4. The van der Waals surface area contributed by atoms with Gasteiger partial charge in [-0.1, -0.05) is 278 Å². The number of fused-ring (bicyclic) bond motifs is 3. The minimum atomic E-state index is -0.0175. The van der Waals surface area contributed by atoms with Gasteiger partial charge in [0.25, 0.3) is 0 Å². The molecule has 0 atom stereocenters. The molecule has 1 aliphatic carbocycles. The van der Waals surface area contributed by atoms with Gasteiger partial charge in [0.2, 0.25) is 0 Å². The first-order valence-corrected chi connectivity index (χ1v) is 34.1. The lowest BCUT2D eigenvalue weighted by atomic mass is 9.70. The van der Waals surface area contributed by atoms with Crippen molar-refractivity contribution in [2.24, 2.45) is 0 Å². The quantitative estimate of drug-likeness (QED) is 0.0558. The third-order valence-corrected chi connectivity index (χ3v) is 19.2. The van der Waals surface area contributed by atoms with Crippen molar-refractivity contribution in [1.82, 2.24) is 0 Å². The topological polar surface area (TPSA) is 9.72 Å². The summed E-state index contributed by atoms with van der Waals surface area (Å²) in [5, 5.41) is 0. The van der Waals surface area contributed by atoms with E-state index in [1.54, 1.807) is 0 Å². The van der Waals surface area contributed by atoms with Crippen molar-refractivity contribution in [3.8, 4) is 66.8 Å². The normalized spacial score (nSPS) is 12.0. The van der Waals surface area contributed by atoms with Crippen LogP contribution in [0.5, 0.6) is 0 Å². The molecule has 1 aliphatic rings. The van der Waals surface area contributed by atoms with Gasteiger partial charge < -0.3 is 14.7 Å². The van der Waals surface area contributed by atoms with Gasteiger partial charge in [0.05, 0.1) is 0 Å². The summed E-state index contributed by atoms with van der Waals surface area (Å²) in [5.41, 5.74) is 27.4. The van der Waals surface area contributed by atoms with Crippen molar-refractivity contribution in [2.45, 2.75) is 83.5 Å². The molecule has 0 aromatic heterocycles. The SMILES string of the molecule is CCCCCCC1(CCCCCC)c2ccccc2-c2ccc(N(c3ccccc3)c3cccc(-c4cccc(-c5cccc(N(c6cccc(-c7ccccc7)c6)c6cccc(-c7cccc(-c8cccc(N(c9ccccc9)c9ccccc9)c8)c7)c6)c5)c4)c3)cc21. The standard InChI is InChI=1S/C91H81N3/c1-3-5-7-23-58-91(59-24-8-6-4-2)89-55-22-21-54-87(89)88-57-56-86(67-90(88)91)93(80-47-19-12-20-48-80)82-50-29-40-75(64-82)70-35-26-37-72(61-70)77-42-31-53-85(66-77)94(83-51-27-38-73(62-83)68-32-13-9-14-33-68)84-52-30-41-76(65-84)71-36-25-34-69(60-71)74-39-28-49-81(63-74)92(78-43-15-10-16-44-78)79-45-17-11-18-46-79/h9-22,25-57,60-67H,3-8,23-24,58-59H2,1-2H3. The molecule has 0 fully saturated rings. The van der Waals surface area contributed by atoms with E-state index >= 15 is 0 Å². The summed E-state index contributed by atoms with van der Waals surface area (Å²) in [7, 11) is 0. The predicted molar refractivity (Wildman–Crippen MR) is 401 cm³/mol. The van der Waals surface area contributed by atoms with Crippen LogP contribution in [0, 0.1) is 0 Å². The van der Waals surface area contributed by atoms with Crippen LogP contribution < -0.4 is 14.7 Å². The second-order valence-corrected chi connectivity index (χ2v) is 25.3. The number of benzene rings is 13. The molecular formula is C91H81N3. The Kier molecular flexibility index (Phi) is 18.4. The molecule has 0 amide bonds. The lowest BCUT2D eigenvalue weighted by molar-refractivity contribution is 0.401. The Bertz CT molecular complexity index is 4620. The summed E-state index contributed by atoms with van der Waals surface area (Å²) >= 11 is 0. The molecule has 0 N–H and O–H groups in total. The van der Waals surface area contributed by atoms with Crippen LogP contribution in [0.15, 0.2) is 334 Å². The fourth-order valence-corrected chi connectivity index (χ4v) is 14.5. The largest absolute Gasteiger partial charge is 0.310 e. The van der Waals surface area contributed by atoms with Gasteiger partial charge in [-0.3, -0.25) is 0 Å². The fraction of sp³-hybridized carbons (Fsp3) is 0.143. The number of hydrogen-bond donors (Lipinski definition) is 0. The summed E-state index contributed by atoms with van der Waals surface area (Å²) in [5.74, 6) is 0. The van der Waals surface area contributed by atoms with E-state index < -0.39 is 0 Å². The number of unbranched alkanes of at least 4 members (excludes halogenated alkanes) is 6. The van der Waals surface area contributed by atoms with Gasteiger partial charge in [-0.15, -0.1) is 0 Å². The molecule has 0 heterocycles. The molecule has 0 aliphatic heterocycles. The van der Waals surface area contributed by atoms with Crippen molar-refractivity contribution in [3.05, 3.63) is 345 Å². The van der Waals surface area contributed by atoms with E-state index in [0.29, 0.717) is 0 Å². The van der Waals surface area contributed by atoms with Crippen LogP contribution in [-0.2, 0) is 5.41 Å². The highest BCUT2D eigenvalue weighted by Gasteiger charge is 2.42. The second-order valence-electron chi connectivity index (χ2n) is 25.3. The molecule has 0 saturated heterocycles. The molecule has 0 unspecified atom stereocenters. The monoisotopic (exact) mass is 1220 g/mol. The highest BCUT2D eigenvalue weighted by Crippen LogP contribution is 2.56. The van der Waals surface area contributed by atoms with Crippen LogP contribution in [-0.4, -0.2) is 0 Å². The molecule has 0 bridgehead atoms. The van der Waals surface area contributed by atoms with Crippen LogP contribution >= 0.6 is 0 Å². The summed E-state index contributed by atoms with van der Waals surface area (Å²) < 4.78 is 0. The summed E-state index contributed by atoms with van der Waals surface area (Å²) in [6.07, 6.45) is 12.4. The molecule has 94 heavy (non-hydrogen) atoms. The zero-order chi connectivity index (χ0) is 63.5. The summed E-state index contributed by atoms with van der Waals surface area (Å²) in [6.45, 7) is 4.65.